The number of nitrogens with one attached hydrogen (secondary N) is 1. The molecule has 0 spiro atoms. The summed E-state index contributed by atoms with van der Waals surface area (Å²) in [6.45, 7) is 5.21. The minimum absolute atomic E-state index is 0.0353. The highest BCUT2D eigenvalue weighted by atomic mass is 16.5. The largest absolute Gasteiger partial charge is 0.497 e. The molecule has 0 aromatic heterocycles. The maximum absolute atomic E-state index is 12.1. The SMILES string of the molecule is COc1ccc2c(c1)[C@H](Nc1ccc(C(C)=O)cc1)C[C@H](C)N2C(C)=O. The minimum atomic E-state index is 0.0353. The molecule has 0 bridgehead atoms. The molecular weight excluding hydrogens is 328 g/mol. The number of nitrogens with zero attached hydrogens (tertiary/aromatic N) is 1. The summed E-state index contributed by atoms with van der Waals surface area (Å²) in [5.41, 5.74) is 3.58. The van der Waals surface area contributed by atoms with Crippen molar-refractivity contribution in [3.63, 3.8) is 0 Å². The maximum atomic E-state index is 12.1. The van der Waals surface area contributed by atoms with Gasteiger partial charge in [0, 0.05) is 35.5 Å². The van der Waals surface area contributed by atoms with E-state index >= 15 is 0 Å². The Hall–Kier alpha value is -2.82. The van der Waals surface area contributed by atoms with Crippen LogP contribution in [-0.2, 0) is 4.79 Å². The van der Waals surface area contributed by atoms with E-state index < -0.39 is 0 Å². The van der Waals surface area contributed by atoms with Gasteiger partial charge in [-0.15, -0.1) is 0 Å². The molecule has 5 heteroatoms. The number of methoxy groups -OCH3 is 1. The van der Waals surface area contributed by atoms with Crippen LogP contribution in [0.1, 0.15) is 49.2 Å². The quantitative estimate of drug-likeness (QED) is 0.838. The molecule has 1 aliphatic heterocycles. The number of fused-ring (bicyclic) bond motifs is 1. The zero-order valence-corrected chi connectivity index (χ0v) is 15.6. The monoisotopic (exact) mass is 352 g/mol. The summed E-state index contributed by atoms with van der Waals surface area (Å²) in [5, 5.41) is 3.54. The zero-order valence-electron chi connectivity index (χ0n) is 15.6. The number of amides is 1. The standard InChI is InChI=1S/C21H24N2O3/c1-13-11-20(22-17-7-5-16(6-8-17)14(2)24)19-12-18(26-4)9-10-21(19)23(13)15(3)25/h5-10,12-13,20,22H,11H2,1-4H3/t13-,20+/m0/s1. The molecule has 26 heavy (non-hydrogen) atoms. The van der Waals surface area contributed by atoms with E-state index in [1.54, 1.807) is 21.0 Å². The zero-order chi connectivity index (χ0) is 18.8. The number of Topliss-reactive ketones (excluding diaryl/α,β-unsaturated/α-hetero) is 1. The Kier molecular flexibility index (Phi) is 4.98. The van der Waals surface area contributed by atoms with Gasteiger partial charge in [0.25, 0.3) is 0 Å². The first kappa shape index (κ1) is 18.0. The molecule has 5 nitrogen and oxygen atoms in total. The van der Waals surface area contributed by atoms with Crippen LogP contribution in [0.2, 0.25) is 0 Å². The van der Waals surface area contributed by atoms with Gasteiger partial charge in [-0.3, -0.25) is 9.59 Å². The summed E-state index contributed by atoms with van der Waals surface area (Å²) in [6.07, 6.45) is 0.786. The molecule has 0 radical (unpaired) electrons. The number of anilines is 2. The Labute approximate surface area is 154 Å². The Bertz CT molecular complexity index is 830. The van der Waals surface area contributed by atoms with Crippen LogP contribution in [0.15, 0.2) is 42.5 Å². The van der Waals surface area contributed by atoms with E-state index in [1.165, 1.54) is 0 Å². The van der Waals surface area contributed by atoms with Gasteiger partial charge in [-0.2, -0.15) is 0 Å². The summed E-state index contributed by atoms with van der Waals surface area (Å²) >= 11 is 0. The highest BCUT2D eigenvalue weighted by Crippen LogP contribution is 2.40. The van der Waals surface area contributed by atoms with Gasteiger partial charge in [0.2, 0.25) is 5.91 Å². The molecule has 2 atom stereocenters. The molecule has 0 saturated carbocycles. The Morgan fingerprint density at radius 2 is 1.81 bits per heavy atom. The molecule has 0 unspecified atom stereocenters. The molecule has 3 rings (SSSR count). The molecule has 0 fully saturated rings. The lowest BCUT2D eigenvalue weighted by atomic mass is 9.91. The fourth-order valence-electron chi connectivity index (χ4n) is 3.59. The number of hydrogen-bond acceptors (Lipinski definition) is 4. The van der Waals surface area contributed by atoms with E-state index in [4.69, 9.17) is 4.74 Å². The highest BCUT2D eigenvalue weighted by Gasteiger charge is 2.32. The van der Waals surface area contributed by atoms with Crippen LogP contribution in [0, 0.1) is 0 Å². The van der Waals surface area contributed by atoms with Gasteiger partial charge in [0.05, 0.1) is 13.2 Å². The fraction of sp³-hybridized carbons (Fsp3) is 0.333. The summed E-state index contributed by atoms with van der Waals surface area (Å²) in [4.78, 5) is 25.4. The molecule has 1 heterocycles. The van der Waals surface area contributed by atoms with Crippen molar-refractivity contribution < 1.29 is 14.3 Å². The van der Waals surface area contributed by atoms with Crippen molar-refractivity contribution >= 4 is 23.1 Å². The minimum Gasteiger partial charge on any atom is -0.497 e. The van der Waals surface area contributed by atoms with Crippen LogP contribution >= 0.6 is 0 Å². The number of carbonyl (C=O) groups is 2. The fourth-order valence-corrected chi connectivity index (χ4v) is 3.59. The van der Waals surface area contributed by atoms with E-state index in [1.807, 2.05) is 47.4 Å². The van der Waals surface area contributed by atoms with Crippen molar-refractivity contribution in [1.82, 2.24) is 0 Å². The summed E-state index contributed by atoms with van der Waals surface area (Å²) in [6, 6.07) is 13.4. The van der Waals surface area contributed by atoms with Crippen LogP contribution in [0.25, 0.3) is 0 Å². The second kappa shape index (κ2) is 7.20. The van der Waals surface area contributed by atoms with Crippen molar-refractivity contribution in [3.05, 3.63) is 53.6 Å². The predicted octanol–water partition coefficient (Wildman–Crippen LogP) is 4.20. The molecule has 2 aromatic carbocycles. The van der Waals surface area contributed by atoms with E-state index in [0.29, 0.717) is 5.56 Å². The highest BCUT2D eigenvalue weighted by molar-refractivity contribution is 5.95. The second-order valence-corrected chi connectivity index (χ2v) is 6.73. The second-order valence-electron chi connectivity index (χ2n) is 6.73. The summed E-state index contributed by atoms with van der Waals surface area (Å²) in [5.74, 6) is 0.851. The molecule has 136 valence electrons. The third kappa shape index (κ3) is 3.43. The number of ether oxygens (including phenoxy) is 1. The first-order chi connectivity index (χ1) is 12.4. The van der Waals surface area contributed by atoms with Crippen LogP contribution in [0.3, 0.4) is 0 Å². The van der Waals surface area contributed by atoms with Crippen LogP contribution in [0.4, 0.5) is 11.4 Å². The lowest BCUT2D eigenvalue weighted by molar-refractivity contribution is -0.117. The average molecular weight is 352 g/mol. The third-order valence-electron chi connectivity index (χ3n) is 4.86. The summed E-state index contributed by atoms with van der Waals surface area (Å²) in [7, 11) is 1.64. The molecule has 1 amide bonds. The van der Waals surface area contributed by atoms with E-state index in [-0.39, 0.29) is 23.8 Å². The molecule has 2 aromatic rings. The van der Waals surface area contributed by atoms with E-state index in [0.717, 1.165) is 29.1 Å². The van der Waals surface area contributed by atoms with Crippen molar-refractivity contribution in [2.75, 3.05) is 17.3 Å². The number of ketones is 1. The maximum Gasteiger partial charge on any atom is 0.224 e. The lowest BCUT2D eigenvalue weighted by Gasteiger charge is -2.39. The van der Waals surface area contributed by atoms with Crippen molar-refractivity contribution in [3.8, 4) is 5.75 Å². The first-order valence-corrected chi connectivity index (χ1v) is 8.76. The lowest BCUT2D eigenvalue weighted by Crippen LogP contribution is -2.43. The Balaban J connectivity index is 1.95. The molecule has 0 saturated heterocycles. The predicted molar refractivity (Wildman–Crippen MR) is 103 cm³/mol. The van der Waals surface area contributed by atoms with Gasteiger partial charge < -0.3 is 15.0 Å². The van der Waals surface area contributed by atoms with Gasteiger partial charge in [-0.25, -0.2) is 0 Å². The van der Waals surface area contributed by atoms with E-state index in [9.17, 15) is 9.59 Å². The first-order valence-electron chi connectivity index (χ1n) is 8.76. The average Bonchev–Trinajstić information content (AvgIpc) is 2.61. The van der Waals surface area contributed by atoms with Gasteiger partial charge in [0.15, 0.2) is 5.78 Å². The normalized spacial score (nSPS) is 18.8. The third-order valence-corrected chi connectivity index (χ3v) is 4.86. The Morgan fingerprint density at radius 1 is 1.12 bits per heavy atom. The molecular formula is C21H24N2O3. The van der Waals surface area contributed by atoms with Crippen molar-refractivity contribution in [2.24, 2.45) is 0 Å². The van der Waals surface area contributed by atoms with Crippen molar-refractivity contribution in [1.29, 1.82) is 0 Å². The smallest absolute Gasteiger partial charge is 0.224 e. The molecule has 1 aliphatic rings. The summed E-state index contributed by atoms with van der Waals surface area (Å²) < 4.78 is 5.37. The van der Waals surface area contributed by atoms with Gasteiger partial charge in [-0.05, 0) is 62.7 Å². The number of benzene rings is 2. The van der Waals surface area contributed by atoms with Gasteiger partial charge >= 0.3 is 0 Å². The number of rotatable bonds is 4. The van der Waals surface area contributed by atoms with Crippen LogP contribution in [0.5, 0.6) is 5.75 Å². The van der Waals surface area contributed by atoms with Crippen LogP contribution < -0.4 is 15.0 Å². The number of carbonyl (C=O) groups excluding carboxylic acids is 2. The van der Waals surface area contributed by atoms with Crippen LogP contribution in [-0.4, -0.2) is 24.8 Å². The topological polar surface area (TPSA) is 58.6 Å². The van der Waals surface area contributed by atoms with Gasteiger partial charge in [-0.1, -0.05) is 0 Å². The number of hydrogen-bond donors (Lipinski definition) is 1. The van der Waals surface area contributed by atoms with E-state index in [2.05, 4.69) is 12.2 Å². The Morgan fingerprint density at radius 3 is 2.38 bits per heavy atom. The van der Waals surface area contributed by atoms with Gasteiger partial charge in [0.1, 0.15) is 5.75 Å². The molecule has 0 aliphatic carbocycles. The van der Waals surface area contributed by atoms with Crippen molar-refractivity contribution in [2.45, 2.75) is 39.3 Å². The molecule has 1 N–H and O–H groups in total.